The minimum Gasteiger partial charge on any atom is -0.381 e. The first kappa shape index (κ1) is 11.1. The molecule has 2 unspecified atom stereocenters. The fraction of sp³-hybridized carbons (Fsp3) is 0.455. The third-order valence-corrected chi connectivity index (χ3v) is 4.39. The van der Waals surface area contributed by atoms with Gasteiger partial charge in [-0.2, -0.15) is 0 Å². The molecule has 0 aliphatic carbocycles. The van der Waals surface area contributed by atoms with Crippen molar-refractivity contribution in [3.05, 3.63) is 23.2 Å². The zero-order valence-corrected chi connectivity index (χ0v) is 10.2. The maximum atomic E-state index is 5.97. The SMILES string of the molecule is CC1Nc2ccc(Cl)cc2SC1CCN. The molecule has 1 heterocycles. The first-order valence-corrected chi connectivity index (χ1v) is 6.39. The van der Waals surface area contributed by atoms with E-state index in [-0.39, 0.29) is 0 Å². The first-order chi connectivity index (χ1) is 7.20. The van der Waals surface area contributed by atoms with Gasteiger partial charge < -0.3 is 11.1 Å². The number of fused-ring (bicyclic) bond motifs is 1. The highest BCUT2D eigenvalue weighted by atomic mass is 35.5. The van der Waals surface area contributed by atoms with Gasteiger partial charge in [0.2, 0.25) is 0 Å². The molecule has 0 fully saturated rings. The maximum Gasteiger partial charge on any atom is 0.0481 e. The molecule has 3 N–H and O–H groups in total. The molecule has 1 aliphatic heterocycles. The van der Waals surface area contributed by atoms with Crippen LogP contribution in [0.3, 0.4) is 0 Å². The number of rotatable bonds is 2. The van der Waals surface area contributed by atoms with Gasteiger partial charge in [0, 0.05) is 26.9 Å². The van der Waals surface area contributed by atoms with Crippen LogP contribution in [-0.2, 0) is 0 Å². The molecule has 0 radical (unpaired) electrons. The van der Waals surface area contributed by atoms with Crippen LogP contribution in [-0.4, -0.2) is 17.8 Å². The van der Waals surface area contributed by atoms with Crippen molar-refractivity contribution in [1.82, 2.24) is 0 Å². The van der Waals surface area contributed by atoms with Gasteiger partial charge in [0.25, 0.3) is 0 Å². The summed E-state index contributed by atoms with van der Waals surface area (Å²) in [6.07, 6.45) is 1.03. The lowest BCUT2D eigenvalue weighted by Crippen LogP contribution is -2.33. The molecule has 0 bridgehead atoms. The van der Waals surface area contributed by atoms with E-state index in [1.807, 2.05) is 30.0 Å². The topological polar surface area (TPSA) is 38.0 Å². The Labute approximate surface area is 99.6 Å². The number of hydrogen-bond donors (Lipinski definition) is 2. The summed E-state index contributed by atoms with van der Waals surface area (Å²) in [7, 11) is 0. The molecular formula is C11H15ClN2S. The predicted octanol–water partition coefficient (Wildman–Crippen LogP) is 2.96. The average Bonchev–Trinajstić information content (AvgIpc) is 2.20. The lowest BCUT2D eigenvalue weighted by atomic mass is 10.1. The summed E-state index contributed by atoms with van der Waals surface area (Å²) in [5, 5.41) is 4.82. The first-order valence-electron chi connectivity index (χ1n) is 5.13. The largest absolute Gasteiger partial charge is 0.381 e. The van der Waals surface area contributed by atoms with Gasteiger partial charge in [0.15, 0.2) is 0 Å². The van der Waals surface area contributed by atoms with Crippen LogP contribution in [0.2, 0.25) is 5.02 Å². The monoisotopic (exact) mass is 242 g/mol. The minimum absolute atomic E-state index is 0.465. The molecule has 1 aliphatic rings. The van der Waals surface area contributed by atoms with Gasteiger partial charge in [-0.1, -0.05) is 11.6 Å². The number of hydrogen-bond acceptors (Lipinski definition) is 3. The highest BCUT2D eigenvalue weighted by Gasteiger charge is 2.24. The Morgan fingerprint density at radius 1 is 1.53 bits per heavy atom. The fourth-order valence-corrected chi connectivity index (χ4v) is 3.33. The van der Waals surface area contributed by atoms with E-state index in [2.05, 4.69) is 12.2 Å². The molecule has 0 saturated heterocycles. The quantitative estimate of drug-likeness (QED) is 0.838. The molecular weight excluding hydrogens is 228 g/mol. The van der Waals surface area contributed by atoms with Crippen LogP contribution in [0.5, 0.6) is 0 Å². The normalized spacial score (nSPS) is 24.5. The second kappa shape index (κ2) is 4.64. The molecule has 2 nitrogen and oxygen atoms in total. The third kappa shape index (κ3) is 2.41. The summed E-state index contributed by atoms with van der Waals surface area (Å²) >= 11 is 7.85. The number of thioether (sulfide) groups is 1. The molecule has 1 aromatic carbocycles. The number of nitrogens with two attached hydrogens (primary N) is 1. The highest BCUT2D eigenvalue weighted by molar-refractivity contribution is 8.00. The molecule has 82 valence electrons. The second-order valence-corrected chi connectivity index (χ2v) is 5.52. The van der Waals surface area contributed by atoms with E-state index in [0.717, 1.165) is 18.0 Å². The summed E-state index contributed by atoms with van der Waals surface area (Å²) in [5.41, 5.74) is 6.79. The zero-order chi connectivity index (χ0) is 10.8. The number of halogens is 1. The van der Waals surface area contributed by atoms with Crippen molar-refractivity contribution in [2.75, 3.05) is 11.9 Å². The van der Waals surface area contributed by atoms with Gasteiger partial charge in [-0.05, 0) is 38.1 Å². The van der Waals surface area contributed by atoms with Crippen molar-refractivity contribution in [3.8, 4) is 0 Å². The van der Waals surface area contributed by atoms with Gasteiger partial charge in [-0.15, -0.1) is 11.8 Å². The van der Waals surface area contributed by atoms with Crippen molar-refractivity contribution in [2.24, 2.45) is 5.73 Å². The Balaban J connectivity index is 2.22. The average molecular weight is 243 g/mol. The lowest BCUT2D eigenvalue weighted by Gasteiger charge is -2.31. The molecule has 0 aromatic heterocycles. The van der Waals surface area contributed by atoms with Crippen LogP contribution >= 0.6 is 23.4 Å². The lowest BCUT2D eigenvalue weighted by molar-refractivity contribution is 0.672. The molecule has 0 spiro atoms. The van der Waals surface area contributed by atoms with Crippen molar-refractivity contribution >= 4 is 29.1 Å². The van der Waals surface area contributed by atoms with Crippen molar-refractivity contribution in [2.45, 2.75) is 29.5 Å². The Morgan fingerprint density at radius 3 is 3.07 bits per heavy atom. The van der Waals surface area contributed by atoms with E-state index in [4.69, 9.17) is 17.3 Å². The molecule has 0 amide bonds. The molecule has 2 atom stereocenters. The Hall–Kier alpha value is -0.380. The second-order valence-electron chi connectivity index (χ2n) is 3.81. The van der Waals surface area contributed by atoms with Crippen LogP contribution in [0.15, 0.2) is 23.1 Å². The highest BCUT2D eigenvalue weighted by Crippen LogP contribution is 2.40. The van der Waals surface area contributed by atoms with Gasteiger partial charge >= 0.3 is 0 Å². The van der Waals surface area contributed by atoms with Crippen molar-refractivity contribution in [3.63, 3.8) is 0 Å². The van der Waals surface area contributed by atoms with Crippen LogP contribution in [0, 0.1) is 0 Å². The zero-order valence-electron chi connectivity index (χ0n) is 8.66. The molecule has 0 saturated carbocycles. The third-order valence-electron chi connectivity index (χ3n) is 2.61. The number of nitrogens with one attached hydrogen (secondary N) is 1. The van der Waals surface area contributed by atoms with E-state index in [9.17, 15) is 0 Å². The van der Waals surface area contributed by atoms with Gasteiger partial charge in [0.05, 0.1) is 0 Å². The predicted molar refractivity (Wildman–Crippen MR) is 67.9 cm³/mol. The summed E-state index contributed by atoms with van der Waals surface area (Å²) < 4.78 is 0. The fourth-order valence-electron chi connectivity index (χ4n) is 1.79. The summed E-state index contributed by atoms with van der Waals surface area (Å²) in [5.74, 6) is 0. The standard InChI is InChI=1S/C11H15ClN2S/c1-7-10(4-5-13)15-11-6-8(12)2-3-9(11)14-7/h2-3,6-7,10,14H,4-5,13H2,1H3. The smallest absolute Gasteiger partial charge is 0.0481 e. The molecule has 15 heavy (non-hydrogen) atoms. The van der Waals surface area contributed by atoms with E-state index < -0.39 is 0 Å². The van der Waals surface area contributed by atoms with Crippen molar-refractivity contribution in [1.29, 1.82) is 0 Å². The minimum atomic E-state index is 0.465. The summed E-state index contributed by atoms with van der Waals surface area (Å²) in [6, 6.07) is 6.44. The van der Waals surface area contributed by atoms with Gasteiger partial charge in [-0.3, -0.25) is 0 Å². The Bertz CT molecular complexity index is 356. The van der Waals surface area contributed by atoms with E-state index in [1.54, 1.807) is 0 Å². The van der Waals surface area contributed by atoms with E-state index >= 15 is 0 Å². The van der Waals surface area contributed by atoms with E-state index in [1.165, 1.54) is 10.6 Å². The summed E-state index contributed by atoms with van der Waals surface area (Å²) in [4.78, 5) is 1.24. The van der Waals surface area contributed by atoms with Crippen LogP contribution in [0.1, 0.15) is 13.3 Å². The molecule has 4 heteroatoms. The van der Waals surface area contributed by atoms with E-state index in [0.29, 0.717) is 11.3 Å². The van der Waals surface area contributed by atoms with Gasteiger partial charge in [-0.25, -0.2) is 0 Å². The Kier molecular flexibility index (Phi) is 3.44. The summed E-state index contributed by atoms with van der Waals surface area (Å²) in [6.45, 7) is 2.93. The maximum absolute atomic E-state index is 5.97. The number of anilines is 1. The van der Waals surface area contributed by atoms with Crippen LogP contribution in [0.4, 0.5) is 5.69 Å². The molecule has 1 aromatic rings. The van der Waals surface area contributed by atoms with Crippen molar-refractivity contribution < 1.29 is 0 Å². The Morgan fingerprint density at radius 2 is 2.33 bits per heavy atom. The van der Waals surface area contributed by atoms with Crippen LogP contribution < -0.4 is 11.1 Å². The number of benzene rings is 1. The molecule has 2 rings (SSSR count). The van der Waals surface area contributed by atoms with Gasteiger partial charge in [0.1, 0.15) is 0 Å². The van der Waals surface area contributed by atoms with Crippen LogP contribution in [0.25, 0.3) is 0 Å².